The molecule has 0 radical (unpaired) electrons. The maximum atomic E-state index is 9.88. The third kappa shape index (κ3) is 3.90. The second-order valence-corrected chi connectivity index (χ2v) is 11.2. The average molecular weight is 612 g/mol. The molecule has 0 N–H and O–H groups in total. The van der Waals surface area contributed by atoms with Crippen molar-refractivity contribution in [1.29, 1.82) is 0 Å². The smallest absolute Gasteiger partial charge is 0.143 e. The fourth-order valence-electron chi connectivity index (χ4n) is 6.70. The summed E-state index contributed by atoms with van der Waals surface area (Å²) in [7, 11) is 0. The molecule has 47 heavy (non-hydrogen) atoms. The van der Waals surface area contributed by atoms with E-state index in [-0.39, 0.29) is 72.3 Å². The number of hydrogen-bond acceptors (Lipinski definition) is 1. The van der Waals surface area contributed by atoms with Crippen molar-refractivity contribution in [3.05, 3.63) is 169 Å². The van der Waals surface area contributed by atoms with E-state index >= 15 is 0 Å². The van der Waals surface area contributed by atoms with Crippen molar-refractivity contribution in [2.45, 2.75) is 0 Å². The van der Waals surface area contributed by atoms with Crippen LogP contribution in [0.5, 0.6) is 0 Å². The lowest BCUT2D eigenvalue weighted by atomic mass is 9.83. The van der Waals surface area contributed by atoms with Gasteiger partial charge in [0.15, 0.2) is 0 Å². The first-order chi connectivity index (χ1) is 29.6. The van der Waals surface area contributed by atoms with Gasteiger partial charge >= 0.3 is 0 Å². The highest BCUT2D eigenvalue weighted by molar-refractivity contribution is 6.28. The van der Waals surface area contributed by atoms with Gasteiger partial charge in [-0.1, -0.05) is 145 Å². The molecule has 0 amide bonds. The molecule has 0 aliphatic heterocycles. The van der Waals surface area contributed by atoms with Crippen molar-refractivity contribution in [2.75, 3.05) is 0 Å². The third-order valence-electron chi connectivity index (χ3n) is 8.68. The summed E-state index contributed by atoms with van der Waals surface area (Å²) in [5.74, 6) is 0. The van der Waals surface area contributed by atoms with Crippen molar-refractivity contribution in [1.82, 2.24) is 0 Å². The minimum Gasteiger partial charge on any atom is -0.455 e. The number of furan rings is 1. The van der Waals surface area contributed by atoms with Crippen LogP contribution in [0.15, 0.2) is 174 Å². The maximum Gasteiger partial charge on any atom is 0.143 e. The van der Waals surface area contributed by atoms with Crippen LogP contribution in [0, 0.1) is 0 Å². The zero-order chi connectivity index (χ0) is 44.0. The van der Waals surface area contributed by atoms with Crippen LogP contribution < -0.4 is 0 Å². The number of fused-ring (bicyclic) bond motifs is 8. The van der Waals surface area contributed by atoms with E-state index in [1.807, 2.05) is 0 Å². The Labute approximate surface area is 293 Å². The van der Waals surface area contributed by atoms with Crippen molar-refractivity contribution < 1.29 is 25.0 Å². The largest absolute Gasteiger partial charge is 0.455 e. The van der Waals surface area contributed by atoms with Crippen LogP contribution in [0.3, 0.4) is 0 Å². The van der Waals surface area contributed by atoms with Gasteiger partial charge < -0.3 is 4.42 Å². The van der Waals surface area contributed by atoms with Crippen LogP contribution in [0.2, 0.25) is 0 Å². The van der Waals surface area contributed by atoms with E-state index in [4.69, 9.17) is 18.1 Å². The summed E-state index contributed by atoms with van der Waals surface area (Å²) in [6.07, 6.45) is 0. The number of hydrogen-bond donors (Lipinski definition) is 0. The molecule has 0 bridgehead atoms. The predicted octanol–water partition coefficient (Wildman–Crippen LogP) is 13.2. The SMILES string of the molecule is [2H]c1c([2H])c(-c2c3ccccc3c(-c3c([2H])c(-c4ccccc4)c([2H])c4c([2H])c([2H])c([2H])c([2H])c34)c3ccccc23)c2c(oc3c4c([2H])c([2H])c([2H])c([2H])c4c([2H])c([2H])c32)c1[2H]. The van der Waals surface area contributed by atoms with E-state index < -0.39 is 78.6 Å². The molecule has 0 unspecified atom stereocenters. The van der Waals surface area contributed by atoms with Gasteiger partial charge in [-0.05, 0) is 95.3 Å². The van der Waals surface area contributed by atoms with E-state index in [0.29, 0.717) is 38.2 Å². The van der Waals surface area contributed by atoms with Gasteiger partial charge in [0, 0.05) is 16.2 Å². The highest BCUT2D eigenvalue weighted by Gasteiger charge is 2.22. The summed E-state index contributed by atoms with van der Waals surface area (Å²) in [6, 6.07) is 15.8. The minimum absolute atomic E-state index is 0.0209. The molecule has 9 aromatic carbocycles. The zero-order valence-corrected chi connectivity index (χ0v) is 24.4. The third-order valence-corrected chi connectivity index (χ3v) is 8.68. The molecule has 1 nitrogen and oxygen atoms in total. The van der Waals surface area contributed by atoms with Crippen LogP contribution in [0.1, 0.15) is 20.6 Å². The van der Waals surface area contributed by atoms with Crippen LogP contribution in [-0.4, -0.2) is 0 Å². The highest BCUT2D eigenvalue weighted by atomic mass is 16.3. The second-order valence-electron chi connectivity index (χ2n) is 11.2. The van der Waals surface area contributed by atoms with E-state index in [2.05, 4.69) is 0 Å². The van der Waals surface area contributed by atoms with Gasteiger partial charge in [-0.3, -0.25) is 0 Å². The fraction of sp³-hybridized carbons (Fsp3) is 0. The topological polar surface area (TPSA) is 13.1 Å². The van der Waals surface area contributed by atoms with E-state index in [9.17, 15) is 6.85 Å². The van der Waals surface area contributed by atoms with Gasteiger partial charge in [-0.2, -0.15) is 0 Å². The standard InChI is InChI=1S/C46H28O/c1-2-13-29(14-3-1)32-27-31-16-5-6-17-33(31)41(28-32)44-37-21-10-8-19-35(37)43(36-20-9-11-22-38(36)44)39-23-12-24-42-45(39)40-26-25-30-15-4-7-18-34(30)46(40)47-42/h1-28H/i4D,5D,6D,7D,12D,15D,16D,17D,18D,23D,24D,25D,26D,27D,28D. The predicted molar refractivity (Wildman–Crippen MR) is 200 cm³/mol. The quantitative estimate of drug-likeness (QED) is 0.181. The fourth-order valence-corrected chi connectivity index (χ4v) is 6.70. The molecule has 0 fully saturated rings. The second kappa shape index (κ2) is 10.2. The Hall–Kier alpha value is -6.18. The van der Waals surface area contributed by atoms with Crippen LogP contribution in [0.25, 0.3) is 98.4 Å². The van der Waals surface area contributed by atoms with E-state index in [1.54, 1.807) is 78.9 Å². The van der Waals surface area contributed by atoms with Crippen LogP contribution in [-0.2, 0) is 0 Å². The molecule has 10 rings (SSSR count). The summed E-state index contributed by atoms with van der Waals surface area (Å²) in [5.41, 5.74) is 1.16. The first-order valence-electron chi connectivity index (χ1n) is 22.5. The van der Waals surface area contributed by atoms with Crippen LogP contribution >= 0.6 is 0 Å². The Morgan fingerprint density at radius 3 is 1.74 bits per heavy atom. The molecule has 1 aromatic heterocycles. The highest BCUT2D eigenvalue weighted by Crippen LogP contribution is 2.49. The first-order valence-corrected chi connectivity index (χ1v) is 15.0. The zero-order valence-electron chi connectivity index (χ0n) is 39.4. The first kappa shape index (κ1) is 15.4. The van der Waals surface area contributed by atoms with Crippen molar-refractivity contribution >= 4 is 65.0 Å². The molecule has 0 spiro atoms. The Kier molecular flexibility index (Phi) is 3.33. The van der Waals surface area contributed by atoms with E-state index in [1.165, 1.54) is 0 Å². The van der Waals surface area contributed by atoms with Crippen molar-refractivity contribution in [3.63, 3.8) is 0 Å². The lowest BCUT2D eigenvalue weighted by Crippen LogP contribution is -1.93. The van der Waals surface area contributed by atoms with Crippen molar-refractivity contribution in [3.8, 4) is 33.4 Å². The molecule has 218 valence electrons. The Bertz CT molecular complexity index is 3630. The Balaban J connectivity index is 1.46. The molecule has 0 saturated carbocycles. The van der Waals surface area contributed by atoms with Crippen LogP contribution in [0.4, 0.5) is 0 Å². The lowest BCUT2D eigenvalue weighted by Gasteiger charge is -2.20. The van der Waals surface area contributed by atoms with Gasteiger partial charge in [0.25, 0.3) is 0 Å². The molecule has 1 heterocycles. The molecular weight excluding hydrogens is 569 g/mol. The molecule has 0 atom stereocenters. The molecule has 0 saturated heterocycles. The summed E-state index contributed by atoms with van der Waals surface area (Å²) in [6.45, 7) is 0. The van der Waals surface area contributed by atoms with E-state index in [0.717, 1.165) is 0 Å². The average Bonchev–Trinajstić information content (AvgIpc) is 3.67. The molecule has 0 aliphatic carbocycles. The summed E-state index contributed by atoms with van der Waals surface area (Å²) in [4.78, 5) is 0. The molecular formula is C46H28O. The van der Waals surface area contributed by atoms with Gasteiger partial charge in [0.05, 0.1) is 20.6 Å². The molecule has 10 aromatic rings. The van der Waals surface area contributed by atoms with Gasteiger partial charge in [0.2, 0.25) is 0 Å². The minimum atomic E-state index is -0.597. The van der Waals surface area contributed by atoms with Crippen molar-refractivity contribution in [2.24, 2.45) is 0 Å². The maximum absolute atomic E-state index is 9.88. The monoisotopic (exact) mass is 611 g/mol. The van der Waals surface area contributed by atoms with Gasteiger partial charge in [-0.25, -0.2) is 0 Å². The van der Waals surface area contributed by atoms with Gasteiger partial charge in [0.1, 0.15) is 11.2 Å². The summed E-state index contributed by atoms with van der Waals surface area (Å²) >= 11 is 0. The molecule has 1 heteroatoms. The number of benzene rings is 9. The summed E-state index contributed by atoms with van der Waals surface area (Å²) in [5, 5.41) is 1.26. The lowest BCUT2D eigenvalue weighted by molar-refractivity contribution is 0.673. The number of rotatable bonds is 3. The summed E-state index contributed by atoms with van der Waals surface area (Å²) < 4.78 is 141. The molecule has 0 aliphatic rings. The normalized spacial score (nSPS) is 16.3. The Morgan fingerprint density at radius 1 is 0.404 bits per heavy atom. The van der Waals surface area contributed by atoms with Gasteiger partial charge in [-0.15, -0.1) is 0 Å². The Morgan fingerprint density at radius 2 is 1.02 bits per heavy atom.